The normalized spacial score (nSPS) is 21.9. The predicted octanol–water partition coefficient (Wildman–Crippen LogP) is 11.5. The Hall–Kier alpha value is -3.90. The summed E-state index contributed by atoms with van der Waals surface area (Å²) in [5, 5.41) is 8.31. The Kier molecular flexibility index (Phi) is 4.96. The molecule has 41 heavy (non-hydrogen) atoms. The van der Waals surface area contributed by atoms with Gasteiger partial charge in [-0.3, -0.25) is 0 Å². The molecule has 0 bridgehead atoms. The van der Waals surface area contributed by atoms with Crippen LogP contribution in [0.1, 0.15) is 70.8 Å². The minimum absolute atomic E-state index is 0.149. The summed E-state index contributed by atoms with van der Waals surface area (Å²) >= 11 is 0. The number of allylic oxidation sites excluding steroid dienone is 14. The van der Waals surface area contributed by atoms with Gasteiger partial charge in [0.15, 0.2) is 0 Å². The van der Waals surface area contributed by atoms with Crippen LogP contribution in [0.25, 0.3) is 37.9 Å². The van der Waals surface area contributed by atoms with Crippen LogP contribution in [0.4, 0.5) is 0 Å². The number of hydrogen-bond acceptors (Lipinski definition) is 0. The van der Waals surface area contributed by atoms with E-state index in [0.717, 1.165) is 12.8 Å². The van der Waals surface area contributed by atoms with Gasteiger partial charge in [-0.2, -0.15) is 0 Å². The van der Waals surface area contributed by atoms with Gasteiger partial charge in [-0.15, -0.1) is 0 Å². The molecule has 5 aliphatic rings. The van der Waals surface area contributed by atoms with Crippen molar-refractivity contribution in [2.45, 2.75) is 65.2 Å². The fraction of sp³-hybridized carbons (Fsp3) is 0.268. The molecule has 0 aliphatic heterocycles. The van der Waals surface area contributed by atoms with E-state index in [1.807, 2.05) is 0 Å². The second kappa shape index (κ2) is 8.56. The van der Waals surface area contributed by atoms with Crippen LogP contribution in [0.3, 0.4) is 0 Å². The molecular formula is C41H36. The number of rotatable bonds is 2. The van der Waals surface area contributed by atoms with Crippen LogP contribution < -0.4 is 0 Å². The standard InChI is InChI=1S/C41H36/c1-41(2)37-9-4-3-8-34(37)35-20-18-31(24-38(35)41)29-12-13-30-23-32(15-14-28(30)22-29)33-19-16-27-11-10-25-6-5-7-26-17-21-36(33)40(27)39(25)26/h4-7,9-11,16-17,19,21-24H,3,8,12-15,18,20H2,1-2H3. The van der Waals surface area contributed by atoms with Crippen LogP contribution in [0.15, 0.2) is 130 Å². The smallest absolute Gasteiger partial charge is 0.0152 e. The molecule has 0 aromatic heterocycles. The first-order valence-corrected chi connectivity index (χ1v) is 15.7. The largest absolute Gasteiger partial charge is 0.0839 e. The third-order valence-electron chi connectivity index (χ3n) is 10.9. The summed E-state index contributed by atoms with van der Waals surface area (Å²) in [6.45, 7) is 4.89. The van der Waals surface area contributed by atoms with Crippen LogP contribution in [0, 0.1) is 5.41 Å². The molecule has 4 aromatic carbocycles. The van der Waals surface area contributed by atoms with Gasteiger partial charge in [0.25, 0.3) is 0 Å². The molecular weight excluding hydrogens is 492 g/mol. The zero-order valence-corrected chi connectivity index (χ0v) is 24.2. The molecule has 9 rings (SSSR count). The van der Waals surface area contributed by atoms with E-state index in [9.17, 15) is 0 Å². The van der Waals surface area contributed by atoms with Gasteiger partial charge in [0.2, 0.25) is 0 Å². The van der Waals surface area contributed by atoms with Crippen LogP contribution in [0.2, 0.25) is 0 Å². The Morgan fingerprint density at radius 3 is 2.00 bits per heavy atom. The van der Waals surface area contributed by atoms with Crippen LogP contribution in [-0.4, -0.2) is 0 Å². The second-order valence-corrected chi connectivity index (χ2v) is 13.4. The van der Waals surface area contributed by atoms with Gasteiger partial charge in [-0.05, 0) is 139 Å². The minimum atomic E-state index is 0.149. The minimum Gasteiger partial charge on any atom is -0.0839 e. The monoisotopic (exact) mass is 528 g/mol. The molecule has 0 fully saturated rings. The molecule has 0 spiro atoms. The van der Waals surface area contributed by atoms with Gasteiger partial charge in [-0.1, -0.05) is 98.8 Å². The summed E-state index contributed by atoms with van der Waals surface area (Å²) < 4.78 is 0. The summed E-state index contributed by atoms with van der Waals surface area (Å²) in [5.74, 6) is 0. The first-order valence-electron chi connectivity index (χ1n) is 15.7. The maximum absolute atomic E-state index is 2.61. The summed E-state index contributed by atoms with van der Waals surface area (Å²) in [6.07, 6.45) is 22.0. The van der Waals surface area contributed by atoms with E-state index >= 15 is 0 Å². The average Bonchev–Trinajstić information content (AvgIpc) is 3.25. The second-order valence-electron chi connectivity index (χ2n) is 13.4. The number of fused-ring (bicyclic) bond motifs is 1. The van der Waals surface area contributed by atoms with E-state index in [4.69, 9.17) is 0 Å². The molecule has 4 aromatic rings. The third kappa shape index (κ3) is 3.40. The van der Waals surface area contributed by atoms with E-state index in [-0.39, 0.29) is 5.41 Å². The van der Waals surface area contributed by atoms with Crippen LogP contribution in [0.5, 0.6) is 0 Å². The van der Waals surface area contributed by atoms with Gasteiger partial charge in [0.05, 0.1) is 0 Å². The molecule has 0 saturated carbocycles. The molecule has 200 valence electrons. The summed E-state index contributed by atoms with van der Waals surface area (Å²) in [5.41, 5.74) is 16.0. The summed E-state index contributed by atoms with van der Waals surface area (Å²) in [7, 11) is 0. The van der Waals surface area contributed by atoms with Gasteiger partial charge in [0.1, 0.15) is 0 Å². The molecule has 0 atom stereocenters. The number of hydrogen-bond donors (Lipinski definition) is 0. The first-order chi connectivity index (χ1) is 20.1. The Morgan fingerprint density at radius 1 is 0.537 bits per heavy atom. The molecule has 0 heterocycles. The lowest BCUT2D eigenvalue weighted by Gasteiger charge is -2.30. The Labute approximate surface area is 243 Å². The molecule has 0 saturated heterocycles. The van der Waals surface area contributed by atoms with Crippen molar-refractivity contribution in [1.29, 1.82) is 0 Å². The van der Waals surface area contributed by atoms with E-state index < -0.39 is 0 Å². The highest BCUT2D eigenvalue weighted by Gasteiger charge is 2.39. The predicted molar refractivity (Wildman–Crippen MR) is 175 cm³/mol. The fourth-order valence-electron chi connectivity index (χ4n) is 8.80. The summed E-state index contributed by atoms with van der Waals surface area (Å²) in [4.78, 5) is 0. The lowest BCUT2D eigenvalue weighted by atomic mass is 9.75. The van der Waals surface area contributed by atoms with Crippen molar-refractivity contribution in [2.75, 3.05) is 0 Å². The quantitative estimate of drug-likeness (QED) is 0.227. The maximum Gasteiger partial charge on any atom is 0.0152 e. The van der Waals surface area contributed by atoms with Crippen molar-refractivity contribution in [1.82, 2.24) is 0 Å². The van der Waals surface area contributed by atoms with E-state index in [1.54, 1.807) is 44.6 Å². The number of benzene rings is 4. The zero-order chi connectivity index (χ0) is 27.3. The molecule has 0 amide bonds. The van der Waals surface area contributed by atoms with Gasteiger partial charge in [0, 0.05) is 5.41 Å². The first kappa shape index (κ1) is 23.8. The Bertz CT molecular complexity index is 2020. The lowest BCUT2D eigenvalue weighted by molar-refractivity contribution is 0.567. The van der Waals surface area contributed by atoms with Gasteiger partial charge in [-0.25, -0.2) is 0 Å². The maximum atomic E-state index is 2.61. The van der Waals surface area contributed by atoms with E-state index in [1.165, 1.54) is 82.0 Å². The summed E-state index contributed by atoms with van der Waals surface area (Å²) in [6, 6.07) is 20.7. The highest BCUT2D eigenvalue weighted by atomic mass is 14.4. The van der Waals surface area contributed by atoms with E-state index in [2.05, 4.69) is 98.8 Å². The lowest BCUT2D eigenvalue weighted by Crippen LogP contribution is -2.15. The van der Waals surface area contributed by atoms with Crippen LogP contribution >= 0.6 is 0 Å². The van der Waals surface area contributed by atoms with Crippen molar-refractivity contribution < 1.29 is 0 Å². The van der Waals surface area contributed by atoms with Crippen molar-refractivity contribution in [3.63, 3.8) is 0 Å². The van der Waals surface area contributed by atoms with Crippen LogP contribution in [-0.2, 0) is 0 Å². The molecule has 0 N–H and O–H groups in total. The Morgan fingerprint density at radius 2 is 1.17 bits per heavy atom. The third-order valence-corrected chi connectivity index (χ3v) is 10.9. The van der Waals surface area contributed by atoms with Crippen molar-refractivity contribution in [3.8, 4) is 0 Å². The van der Waals surface area contributed by atoms with Crippen molar-refractivity contribution >= 4 is 37.9 Å². The van der Waals surface area contributed by atoms with Crippen molar-refractivity contribution in [2.24, 2.45) is 5.41 Å². The molecule has 0 nitrogen and oxygen atoms in total. The fourth-order valence-corrected chi connectivity index (χ4v) is 8.80. The molecule has 0 heteroatoms. The molecule has 0 unspecified atom stereocenters. The van der Waals surface area contributed by atoms with Crippen molar-refractivity contribution in [3.05, 3.63) is 135 Å². The highest BCUT2D eigenvalue weighted by molar-refractivity contribution is 6.24. The highest BCUT2D eigenvalue weighted by Crippen LogP contribution is 2.55. The van der Waals surface area contributed by atoms with Gasteiger partial charge < -0.3 is 0 Å². The van der Waals surface area contributed by atoms with Gasteiger partial charge >= 0.3 is 0 Å². The Balaban J connectivity index is 1.08. The molecule has 5 aliphatic carbocycles. The topological polar surface area (TPSA) is 0 Å². The molecule has 0 radical (unpaired) electrons. The van der Waals surface area contributed by atoms with E-state index in [0.29, 0.717) is 0 Å². The average molecular weight is 529 g/mol. The SMILES string of the molecule is CC1(C)C2=C(CCC=C2)C2=C1C=C(C1=CC3=C(C=C(c4ccc5ccc6cccc7ccc4c5c67)CC3)CC1)CC2. The zero-order valence-electron chi connectivity index (χ0n) is 24.2.